The highest BCUT2D eigenvalue weighted by Crippen LogP contribution is 2.28. The minimum atomic E-state index is -0.484. The van der Waals surface area contributed by atoms with Gasteiger partial charge in [-0.1, -0.05) is 28.4 Å². The fourth-order valence-corrected chi connectivity index (χ4v) is 2.59. The molecule has 0 bridgehead atoms. The van der Waals surface area contributed by atoms with Gasteiger partial charge in [-0.05, 0) is 26.0 Å². The number of nitrogens with zero attached hydrogens (tertiary/aromatic N) is 1. The third kappa shape index (κ3) is 2.74. The minimum absolute atomic E-state index is 0.157. The number of ether oxygens (including phenoxy) is 1. The van der Waals surface area contributed by atoms with Crippen molar-refractivity contribution in [2.24, 2.45) is 5.16 Å². The van der Waals surface area contributed by atoms with Gasteiger partial charge in [0.2, 0.25) is 0 Å². The minimum Gasteiger partial charge on any atom is -0.457 e. The smallest absolute Gasteiger partial charge is 0.356 e. The fourth-order valence-electron chi connectivity index (χ4n) is 2.31. The molecular formula is C15H15ClN2O3. The van der Waals surface area contributed by atoms with Gasteiger partial charge in [0.05, 0.1) is 10.7 Å². The van der Waals surface area contributed by atoms with Crippen molar-refractivity contribution in [3.8, 4) is 0 Å². The van der Waals surface area contributed by atoms with Crippen molar-refractivity contribution in [2.75, 3.05) is 6.61 Å². The van der Waals surface area contributed by atoms with Crippen molar-refractivity contribution in [3.63, 3.8) is 0 Å². The molecule has 2 heterocycles. The zero-order chi connectivity index (χ0) is 15.0. The second kappa shape index (κ2) is 5.41. The Morgan fingerprint density at radius 2 is 2.33 bits per heavy atom. The van der Waals surface area contributed by atoms with E-state index in [1.807, 2.05) is 32.0 Å². The molecule has 1 N–H and O–H groups in total. The van der Waals surface area contributed by atoms with E-state index in [0.29, 0.717) is 11.4 Å². The summed E-state index contributed by atoms with van der Waals surface area (Å²) in [7, 11) is 0. The summed E-state index contributed by atoms with van der Waals surface area (Å²) in [5, 5.41) is 5.03. The maximum absolute atomic E-state index is 12.1. The molecule has 0 amide bonds. The maximum Gasteiger partial charge on any atom is 0.356 e. The Kier molecular flexibility index (Phi) is 3.59. The van der Waals surface area contributed by atoms with Crippen molar-refractivity contribution >= 4 is 34.2 Å². The van der Waals surface area contributed by atoms with Gasteiger partial charge in [0.15, 0.2) is 6.10 Å². The average molecular weight is 307 g/mol. The standard InChI is InChI=1S/C15H15ClN2O3/c1-8-3-4-12-11(5-8)13(16)14(17-12)15(19)20-7-10-6-9(2)18-21-10/h3-5,10,17H,6-7H2,1-2H3. The van der Waals surface area contributed by atoms with E-state index in [1.165, 1.54) is 0 Å². The number of aromatic nitrogens is 1. The SMILES string of the molecule is CC1=NOC(COC(=O)c2[nH]c3ccc(C)cc3c2Cl)C1. The van der Waals surface area contributed by atoms with Gasteiger partial charge >= 0.3 is 5.97 Å². The molecule has 2 aromatic rings. The van der Waals surface area contributed by atoms with Crippen LogP contribution in [0.15, 0.2) is 23.4 Å². The summed E-state index contributed by atoms with van der Waals surface area (Å²) in [6.07, 6.45) is 0.465. The van der Waals surface area contributed by atoms with Gasteiger partial charge in [-0.2, -0.15) is 0 Å². The predicted octanol–water partition coefficient (Wildman–Crippen LogP) is 3.45. The number of nitrogens with one attached hydrogen (secondary N) is 1. The van der Waals surface area contributed by atoms with Crippen LogP contribution in [0.5, 0.6) is 0 Å². The molecule has 0 aliphatic carbocycles. The average Bonchev–Trinajstić information content (AvgIpc) is 3.01. The van der Waals surface area contributed by atoms with Crippen molar-refractivity contribution in [3.05, 3.63) is 34.5 Å². The number of aryl methyl sites for hydroxylation is 1. The lowest BCUT2D eigenvalue weighted by molar-refractivity contribution is 0.00652. The first kappa shape index (κ1) is 13.9. The number of aromatic amines is 1. The molecule has 0 radical (unpaired) electrons. The molecule has 21 heavy (non-hydrogen) atoms. The van der Waals surface area contributed by atoms with Crippen molar-refractivity contribution in [2.45, 2.75) is 26.4 Å². The van der Waals surface area contributed by atoms with Crippen LogP contribution in [0.2, 0.25) is 5.02 Å². The fraction of sp³-hybridized carbons (Fsp3) is 0.333. The molecule has 0 saturated heterocycles. The van der Waals surface area contributed by atoms with Crippen LogP contribution in [-0.2, 0) is 9.57 Å². The molecule has 1 aliphatic rings. The highest BCUT2D eigenvalue weighted by atomic mass is 35.5. The van der Waals surface area contributed by atoms with Crippen LogP contribution < -0.4 is 0 Å². The molecule has 1 aromatic carbocycles. The number of halogens is 1. The number of H-pyrrole nitrogens is 1. The number of rotatable bonds is 3. The summed E-state index contributed by atoms with van der Waals surface area (Å²) in [5.74, 6) is -0.484. The monoisotopic (exact) mass is 306 g/mol. The van der Waals surface area contributed by atoms with Crippen molar-refractivity contribution in [1.82, 2.24) is 4.98 Å². The first-order valence-electron chi connectivity index (χ1n) is 6.69. The molecule has 1 unspecified atom stereocenters. The number of oxime groups is 1. The van der Waals surface area contributed by atoms with Gasteiger partial charge in [-0.25, -0.2) is 4.79 Å². The van der Waals surface area contributed by atoms with Crippen LogP contribution in [-0.4, -0.2) is 29.4 Å². The molecule has 1 aromatic heterocycles. The summed E-state index contributed by atoms with van der Waals surface area (Å²) in [5.41, 5.74) is 3.06. The predicted molar refractivity (Wildman–Crippen MR) is 80.9 cm³/mol. The first-order chi connectivity index (χ1) is 10.0. The van der Waals surface area contributed by atoms with E-state index in [1.54, 1.807) is 0 Å². The van der Waals surface area contributed by atoms with Gasteiger partial charge in [0.25, 0.3) is 0 Å². The van der Waals surface area contributed by atoms with E-state index >= 15 is 0 Å². The van der Waals surface area contributed by atoms with Crippen molar-refractivity contribution in [1.29, 1.82) is 0 Å². The molecular weight excluding hydrogens is 292 g/mol. The lowest BCUT2D eigenvalue weighted by Crippen LogP contribution is -2.19. The molecule has 110 valence electrons. The van der Waals surface area contributed by atoms with Gasteiger partial charge in [-0.3, -0.25) is 0 Å². The number of benzene rings is 1. The molecule has 1 aliphatic heterocycles. The van der Waals surface area contributed by atoms with Crippen LogP contribution in [0.25, 0.3) is 10.9 Å². The highest BCUT2D eigenvalue weighted by Gasteiger charge is 2.23. The summed E-state index contributed by atoms with van der Waals surface area (Å²) in [4.78, 5) is 20.3. The Labute approximate surface area is 126 Å². The van der Waals surface area contributed by atoms with E-state index in [4.69, 9.17) is 21.2 Å². The molecule has 1 atom stereocenters. The van der Waals surface area contributed by atoms with Crippen LogP contribution in [0.4, 0.5) is 0 Å². The number of carbonyl (C=O) groups excluding carboxylic acids is 1. The lowest BCUT2D eigenvalue weighted by atomic mass is 10.2. The summed E-state index contributed by atoms with van der Waals surface area (Å²) >= 11 is 6.26. The number of hydrogen-bond acceptors (Lipinski definition) is 4. The molecule has 5 nitrogen and oxygen atoms in total. The molecule has 3 rings (SSSR count). The van der Waals surface area contributed by atoms with Crippen LogP contribution in [0.1, 0.15) is 29.4 Å². The van der Waals surface area contributed by atoms with Gasteiger partial charge in [0, 0.05) is 17.3 Å². The van der Waals surface area contributed by atoms with Gasteiger partial charge in [0.1, 0.15) is 12.3 Å². The first-order valence-corrected chi connectivity index (χ1v) is 7.06. The van der Waals surface area contributed by atoms with E-state index in [2.05, 4.69) is 10.1 Å². The molecule has 0 spiro atoms. The highest BCUT2D eigenvalue weighted by molar-refractivity contribution is 6.38. The number of fused-ring (bicyclic) bond motifs is 1. The number of carbonyl (C=O) groups is 1. The quantitative estimate of drug-likeness (QED) is 0.883. The summed E-state index contributed by atoms with van der Waals surface area (Å²) in [6.45, 7) is 4.00. The summed E-state index contributed by atoms with van der Waals surface area (Å²) < 4.78 is 5.25. The van der Waals surface area contributed by atoms with Crippen LogP contribution >= 0.6 is 11.6 Å². The Hall–Kier alpha value is -2.01. The molecule has 0 saturated carbocycles. The van der Waals surface area contributed by atoms with E-state index in [-0.39, 0.29) is 18.4 Å². The third-order valence-electron chi connectivity index (χ3n) is 3.38. The second-order valence-electron chi connectivity index (χ2n) is 5.22. The van der Waals surface area contributed by atoms with Crippen molar-refractivity contribution < 1.29 is 14.4 Å². The Balaban J connectivity index is 1.74. The maximum atomic E-state index is 12.1. The van der Waals surface area contributed by atoms with Gasteiger partial charge in [-0.15, -0.1) is 0 Å². The van der Waals surface area contributed by atoms with E-state index in [0.717, 1.165) is 22.2 Å². The van der Waals surface area contributed by atoms with Crippen LogP contribution in [0, 0.1) is 6.92 Å². The molecule has 0 fully saturated rings. The lowest BCUT2D eigenvalue weighted by Gasteiger charge is -2.08. The summed E-state index contributed by atoms with van der Waals surface area (Å²) in [6, 6.07) is 5.78. The zero-order valence-corrected chi connectivity index (χ0v) is 12.5. The zero-order valence-electron chi connectivity index (χ0n) is 11.8. The topological polar surface area (TPSA) is 63.7 Å². The van der Waals surface area contributed by atoms with Crippen LogP contribution in [0.3, 0.4) is 0 Å². The Morgan fingerprint density at radius 1 is 1.52 bits per heavy atom. The largest absolute Gasteiger partial charge is 0.457 e. The number of esters is 1. The number of hydrogen-bond donors (Lipinski definition) is 1. The van der Waals surface area contributed by atoms with E-state index < -0.39 is 5.97 Å². The normalized spacial score (nSPS) is 17.7. The van der Waals surface area contributed by atoms with Gasteiger partial charge < -0.3 is 14.6 Å². The Bertz CT molecular complexity index is 736. The third-order valence-corrected chi connectivity index (χ3v) is 3.77. The Morgan fingerprint density at radius 3 is 3.05 bits per heavy atom. The second-order valence-corrected chi connectivity index (χ2v) is 5.60. The van der Waals surface area contributed by atoms with E-state index in [9.17, 15) is 4.79 Å². The molecule has 6 heteroatoms.